The molecule has 140 valence electrons. The third kappa shape index (κ3) is 5.97. The molecule has 5 nitrogen and oxygen atoms in total. The lowest BCUT2D eigenvalue weighted by molar-refractivity contribution is 0.215. The van der Waals surface area contributed by atoms with Crippen LogP contribution >= 0.6 is 23.8 Å². The Balaban J connectivity index is 1.45. The van der Waals surface area contributed by atoms with Crippen LogP contribution in [0.15, 0.2) is 36.7 Å². The van der Waals surface area contributed by atoms with E-state index in [1.54, 1.807) is 6.20 Å². The van der Waals surface area contributed by atoms with Gasteiger partial charge in [-0.15, -0.1) is 0 Å². The van der Waals surface area contributed by atoms with Crippen LogP contribution in [0.3, 0.4) is 0 Å². The minimum Gasteiger partial charge on any atom is -0.359 e. The standard InChI is InChI=1S/C19H26ClN5S/c1-15(12-24-9-3-2-4-10-24)22-19(26)23-18-11-21-25(14-18)13-16-5-7-17(20)8-6-16/h5-8,11,14-15H,2-4,9-10,12-13H2,1H3,(H2,22,23,26)/t15-/m0/s1. The van der Waals surface area contributed by atoms with Gasteiger partial charge in [-0.25, -0.2) is 0 Å². The van der Waals surface area contributed by atoms with Crippen molar-refractivity contribution in [2.45, 2.75) is 38.8 Å². The molecule has 0 radical (unpaired) electrons. The van der Waals surface area contributed by atoms with Crippen molar-refractivity contribution >= 4 is 34.6 Å². The van der Waals surface area contributed by atoms with Crippen molar-refractivity contribution in [2.24, 2.45) is 0 Å². The van der Waals surface area contributed by atoms with E-state index >= 15 is 0 Å². The van der Waals surface area contributed by atoms with E-state index in [-0.39, 0.29) is 0 Å². The van der Waals surface area contributed by atoms with Crippen LogP contribution in [-0.2, 0) is 6.54 Å². The van der Waals surface area contributed by atoms with Crippen molar-refractivity contribution in [3.63, 3.8) is 0 Å². The smallest absolute Gasteiger partial charge is 0.171 e. The van der Waals surface area contributed by atoms with Gasteiger partial charge in [0.1, 0.15) is 0 Å². The molecule has 1 aromatic carbocycles. The maximum absolute atomic E-state index is 5.92. The van der Waals surface area contributed by atoms with Crippen molar-refractivity contribution in [3.05, 3.63) is 47.2 Å². The number of rotatable bonds is 6. The van der Waals surface area contributed by atoms with E-state index in [1.807, 2.05) is 35.1 Å². The highest BCUT2D eigenvalue weighted by Gasteiger charge is 2.14. The fraction of sp³-hybridized carbons (Fsp3) is 0.474. The molecule has 0 aliphatic carbocycles. The molecule has 7 heteroatoms. The first-order chi connectivity index (χ1) is 12.6. The number of thiocarbonyl (C=S) groups is 1. The molecule has 0 saturated carbocycles. The molecule has 1 aliphatic rings. The van der Waals surface area contributed by atoms with Crippen LogP contribution in [0.5, 0.6) is 0 Å². The van der Waals surface area contributed by atoms with Crippen molar-refractivity contribution in [3.8, 4) is 0 Å². The molecule has 0 amide bonds. The molecular weight excluding hydrogens is 366 g/mol. The molecule has 0 bridgehead atoms. The summed E-state index contributed by atoms with van der Waals surface area (Å²) < 4.78 is 1.88. The van der Waals surface area contributed by atoms with Gasteiger partial charge in [0.25, 0.3) is 0 Å². The van der Waals surface area contributed by atoms with Crippen molar-refractivity contribution in [2.75, 3.05) is 25.0 Å². The van der Waals surface area contributed by atoms with Gasteiger partial charge < -0.3 is 15.5 Å². The lowest BCUT2D eigenvalue weighted by Crippen LogP contribution is -2.44. The van der Waals surface area contributed by atoms with E-state index in [1.165, 1.54) is 32.4 Å². The number of aromatic nitrogens is 2. The molecular formula is C19H26ClN5S. The zero-order valence-corrected chi connectivity index (χ0v) is 16.7. The molecule has 26 heavy (non-hydrogen) atoms. The molecule has 0 unspecified atom stereocenters. The summed E-state index contributed by atoms with van der Waals surface area (Å²) in [7, 11) is 0. The van der Waals surface area contributed by atoms with E-state index in [4.69, 9.17) is 23.8 Å². The van der Waals surface area contributed by atoms with Gasteiger partial charge in [0.2, 0.25) is 0 Å². The Kier molecular flexibility index (Phi) is 6.88. The summed E-state index contributed by atoms with van der Waals surface area (Å²) in [5.74, 6) is 0. The second-order valence-electron chi connectivity index (χ2n) is 6.91. The fourth-order valence-electron chi connectivity index (χ4n) is 3.26. The fourth-order valence-corrected chi connectivity index (χ4v) is 3.70. The Morgan fingerprint density at radius 3 is 2.69 bits per heavy atom. The first-order valence-corrected chi connectivity index (χ1v) is 9.94. The Bertz CT molecular complexity index is 709. The molecule has 1 saturated heterocycles. The number of hydrogen-bond acceptors (Lipinski definition) is 3. The van der Waals surface area contributed by atoms with Gasteiger partial charge in [0.05, 0.1) is 18.4 Å². The summed E-state index contributed by atoms with van der Waals surface area (Å²) >= 11 is 11.4. The topological polar surface area (TPSA) is 45.1 Å². The van der Waals surface area contributed by atoms with Crippen LogP contribution in [0.25, 0.3) is 0 Å². The minimum atomic E-state index is 0.317. The van der Waals surface area contributed by atoms with Gasteiger partial charge in [0.15, 0.2) is 5.11 Å². The Hall–Kier alpha value is -1.63. The average Bonchev–Trinajstić information content (AvgIpc) is 3.04. The predicted octanol–water partition coefficient (Wildman–Crippen LogP) is 3.75. The first kappa shape index (κ1) is 19.1. The number of halogens is 1. The van der Waals surface area contributed by atoms with Crippen LogP contribution in [0, 0.1) is 0 Å². The Morgan fingerprint density at radius 2 is 1.96 bits per heavy atom. The third-order valence-corrected chi connectivity index (χ3v) is 4.98. The van der Waals surface area contributed by atoms with Crippen molar-refractivity contribution in [1.29, 1.82) is 0 Å². The summed E-state index contributed by atoms with van der Waals surface area (Å²) in [6.45, 7) is 6.29. The van der Waals surface area contributed by atoms with Gasteiger partial charge in [-0.3, -0.25) is 4.68 Å². The highest BCUT2D eigenvalue weighted by molar-refractivity contribution is 7.80. The SMILES string of the molecule is C[C@@H](CN1CCCCC1)NC(=S)Nc1cnn(Cc2ccc(Cl)cc2)c1. The predicted molar refractivity (Wildman–Crippen MR) is 112 cm³/mol. The summed E-state index contributed by atoms with van der Waals surface area (Å²) in [5, 5.41) is 12.4. The minimum absolute atomic E-state index is 0.317. The number of benzene rings is 1. The zero-order valence-electron chi connectivity index (χ0n) is 15.1. The number of likely N-dealkylation sites (tertiary alicyclic amines) is 1. The summed E-state index contributed by atoms with van der Waals surface area (Å²) in [6.07, 6.45) is 7.72. The lowest BCUT2D eigenvalue weighted by Gasteiger charge is -2.29. The molecule has 1 atom stereocenters. The largest absolute Gasteiger partial charge is 0.359 e. The monoisotopic (exact) mass is 391 g/mol. The highest BCUT2D eigenvalue weighted by atomic mass is 35.5. The number of nitrogens with one attached hydrogen (secondary N) is 2. The van der Waals surface area contributed by atoms with Crippen LogP contribution in [0.1, 0.15) is 31.7 Å². The molecule has 1 aliphatic heterocycles. The number of hydrogen-bond donors (Lipinski definition) is 2. The maximum atomic E-state index is 5.92. The second kappa shape index (κ2) is 9.35. The first-order valence-electron chi connectivity index (χ1n) is 9.15. The highest BCUT2D eigenvalue weighted by Crippen LogP contribution is 2.12. The average molecular weight is 392 g/mol. The molecule has 1 fully saturated rings. The van der Waals surface area contributed by atoms with Crippen molar-refractivity contribution < 1.29 is 0 Å². The number of anilines is 1. The maximum Gasteiger partial charge on any atom is 0.171 e. The van der Waals surface area contributed by atoms with Gasteiger partial charge in [0, 0.05) is 23.8 Å². The molecule has 2 N–H and O–H groups in total. The third-order valence-electron chi connectivity index (χ3n) is 4.51. The normalized spacial score (nSPS) is 16.2. The van der Waals surface area contributed by atoms with Crippen LogP contribution in [0.2, 0.25) is 5.02 Å². The van der Waals surface area contributed by atoms with Crippen molar-refractivity contribution in [1.82, 2.24) is 20.0 Å². The summed E-state index contributed by atoms with van der Waals surface area (Å²) in [5.41, 5.74) is 2.04. The lowest BCUT2D eigenvalue weighted by atomic mass is 10.1. The van der Waals surface area contributed by atoms with Gasteiger partial charge in [-0.1, -0.05) is 30.2 Å². The Morgan fingerprint density at radius 1 is 1.23 bits per heavy atom. The molecule has 3 rings (SSSR count). The van der Waals surface area contributed by atoms with Crippen LogP contribution in [-0.4, -0.2) is 45.5 Å². The van der Waals surface area contributed by atoms with E-state index in [0.717, 1.165) is 22.8 Å². The van der Waals surface area contributed by atoms with Crippen LogP contribution in [0.4, 0.5) is 5.69 Å². The van der Waals surface area contributed by atoms with Gasteiger partial charge in [-0.2, -0.15) is 5.10 Å². The number of nitrogens with zero attached hydrogens (tertiary/aromatic N) is 3. The van der Waals surface area contributed by atoms with E-state index in [9.17, 15) is 0 Å². The van der Waals surface area contributed by atoms with E-state index < -0.39 is 0 Å². The van der Waals surface area contributed by atoms with Gasteiger partial charge >= 0.3 is 0 Å². The molecule has 0 spiro atoms. The molecule has 2 aromatic rings. The van der Waals surface area contributed by atoms with Crippen LogP contribution < -0.4 is 10.6 Å². The molecule has 2 heterocycles. The van der Waals surface area contributed by atoms with Gasteiger partial charge in [-0.05, 0) is 62.8 Å². The Labute approximate surface area is 165 Å². The quantitative estimate of drug-likeness (QED) is 0.734. The molecule has 1 aromatic heterocycles. The summed E-state index contributed by atoms with van der Waals surface area (Å²) in [4.78, 5) is 2.51. The number of piperidine rings is 1. The van der Waals surface area contributed by atoms with E-state index in [2.05, 4.69) is 27.6 Å². The summed E-state index contributed by atoms with van der Waals surface area (Å²) in [6, 6.07) is 8.11. The second-order valence-corrected chi connectivity index (χ2v) is 7.76. The zero-order chi connectivity index (χ0) is 18.4. The van der Waals surface area contributed by atoms with E-state index in [0.29, 0.717) is 17.7 Å².